The molecule has 5 rings (SSSR count). The van der Waals surface area contributed by atoms with Gasteiger partial charge in [0.2, 0.25) is 0 Å². The van der Waals surface area contributed by atoms with Crippen molar-refractivity contribution in [1.82, 2.24) is 24.8 Å². The van der Waals surface area contributed by atoms with Crippen LogP contribution in [0.25, 0.3) is 0 Å². The van der Waals surface area contributed by atoms with Crippen LogP contribution in [0.1, 0.15) is 71.1 Å². The molecule has 170 valence electrons. The number of alkyl halides is 3. The Labute approximate surface area is 182 Å². The van der Waals surface area contributed by atoms with E-state index in [0.29, 0.717) is 55.1 Å². The summed E-state index contributed by atoms with van der Waals surface area (Å²) in [6.07, 6.45) is -0.807. The number of aliphatic imine (C=N–C) groups is 1. The maximum Gasteiger partial charge on any atom is 0.433 e. The number of H-pyrrole nitrogens is 1. The fraction of sp³-hybridized carbons (Fsp3) is 0.571. The number of fused-ring (bicyclic) bond motifs is 1. The Morgan fingerprint density at radius 2 is 2.03 bits per heavy atom. The smallest absolute Gasteiger partial charge is 0.381 e. The molecule has 1 atom stereocenters. The molecule has 2 aromatic rings. The Morgan fingerprint density at radius 3 is 2.69 bits per heavy atom. The van der Waals surface area contributed by atoms with Crippen molar-refractivity contribution in [3.05, 3.63) is 40.0 Å². The zero-order chi connectivity index (χ0) is 22.5. The monoisotopic (exact) mass is 447 g/mol. The predicted octanol–water partition coefficient (Wildman–Crippen LogP) is 3.32. The van der Waals surface area contributed by atoms with Crippen LogP contribution in [0, 0.1) is 12.3 Å². The quantitative estimate of drug-likeness (QED) is 0.553. The maximum absolute atomic E-state index is 13.9. The molecule has 0 radical (unpaired) electrons. The van der Waals surface area contributed by atoms with Gasteiger partial charge in [0, 0.05) is 43.5 Å². The van der Waals surface area contributed by atoms with E-state index >= 15 is 0 Å². The number of imidazole rings is 1. The molecule has 0 spiro atoms. The van der Waals surface area contributed by atoms with E-state index in [1.54, 1.807) is 4.90 Å². The fourth-order valence-corrected chi connectivity index (χ4v) is 4.46. The minimum absolute atomic E-state index is 0.0334. The molecule has 8 nitrogen and oxygen atoms in total. The molecular formula is C21H24F3N7O. The fourth-order valence-electron chi connectivity index (χ4n) is 4.46. The molecule has 32 heavy (non-hydrogen) atoms. The van der Waals surface area contributed by atoms with E-state index in [1.165, 1.54) is 0 Å². The molecule has 4 heterocycles. The number of hydrogen-bond acceptors (Lipinski definition) is 5. The highest BCUT2D eigenvalue weighted by molar-refractivity contribution is 6.02. The van der Waals surface area contributed by atoms with Crippen molar-refractivity contribution in [2.45, 2.75) is 57.2 Å². The van der Waals surface area contributed by atoms with Gasteiger partial charge in [0.15, 0.2) is 11.5 Å². The lowest BCUT2D eigenvalue weighted by Crippen LogP contribution is -2.39. The Hall–Kier alpha value is -2.82. The highest BCUT2D eigenvalue weighted by Crippen LogP contribution is 2.41. The molecule has 1 saturated heterocycles. The first-order chi connectivity index (χ1) is 15.3. The van der Waals surface area contributed by atoms with E-state index in [4.69, 9.17) is 10.1 Å². The molecule has 2 N–H and O–H groups in total. The molecule has 0 bridgehead atoms. The van der Waals surface area contributed by atoms with Crippen molar-refractivity contribution in [1.29, 1.82) is 5.41 Å². The third-order valence-electron chi connectivity index (χ3n) is 6.17. The summed E-state index contributed by atoms with van der Waals surface area (Å²) in [6, 6.07) is 0. The van der Waals surface area contributed by atoms with Gasteiger partial charge in [-0.3, -0.25) is 5.41 Å². The van der Waals surface area contributed by atoms with Gasteiger partial charge >= 0.3 is 6.18 Å². The topological polar surface area (TPSA) is 103 Å². The van der Waals surface area contributed by atoms with Crippen LogP contribution in [0.15, 0.2) is 4.99 Å². The molecule has 1 saturated carbocycles. The normalized spacial score (nSPS) is 21.7. The number of hydrogen-bond donors (Lipinski definition) is 2. The van der Waals surface area contributed by atoms with Crippen molar-refractivity contribution in [2.24, 2.45) is 4.99 Å². The molecular weight excluding hydrogens is 423 g/mol. The molecule has 1 aliphatic carbocycles. The Bertz CT molecular complexity index is 1070. The lowest BCUT2D eigenvalue weighted by molar-refractivity contribution is -0.142. The molecule has 0 amide bonds. The van der Waals surface area contributed by atoms with Crippen molar-refractivity contribution in [2.75, 3.05) is 19.8 Å². The van der Waals surface area contributed by atoms with Crippen molar-refractivity contribution >= 4 is 12.2 Å². The largest absolute Gasteiger partial charge is 0.433 e. The van der Waals surface area contributed by atoms with E-state index in [1.807, 2.05) is 6.92 Å². The summed E-state index contributed by atoms with van der Waals surface area (Å²) in [5.74, 6) is 1.53. The van der Waals surface area contributed by atoms with Crippen LogP contribution < -0.4 is 0 Å². The summed E-state index contributed by atoms with van der Waals surface area (Å²) in [6.45, 7) is 3.42. The molecule has 2 fully saturated rings. The minimum atomic E-state index is -4.56. The first-order valence-electron chi connectivity index (χ1n) is 10.8. The van der Waals surface area contributed by atoms with Gasteiger partial charge in [-0.25, -0.2) is 19.9 Å². The second kappa shape index (κ2) is 7.95. The lowest BCUT2D eigenvalue weighted by atomic mass is 10.00. The Morgan fingerprint density at radius 1 is 1.22 bits per heavy atom. The molecule has 2 aromatic heterocycles. The van der Waals surface area contributed by atoms with Gasteiger partial charge in [-0.2, -0.15) is 13.2 Å². The molecule has 0 aromatic carbocycles. The van der Waals surface area contributed by atoms with E-state index < -0.39 is 11.9 Å². The van der Waals surface area contributed by atoms with E-state index in [2.05, 4.69) is 24.9 Å². The summed E-state index contributed by atoms with van der Waals surface area (Å²) in [5, 5.41) is 7.55. The number of nitrogens with one attached hydrogen (secondary N) is 2. The highest BCUT2D eigenvalue weighted by atomic mass is 19.4. The first-order valence-corrected chi connectivity index (χ1v) is 10.8. The minimum Gasteiger partial charge on any atom is -0.381 e. The van der Waals surface area contributed by atoms with Crippen molar-refractivity contribution in [3.63, 3.8) is 0 Å². The van der Waals surface area contributed by atoms with Gasteiger partial charge in [-0.05, 0) is 26.2 Å². The van der Waals surface area contributed by atoms with Crippen LogP contribution in [-0.2, 0) is 23.9 Å². The maximum atomic E-state index is 13.9. The standard InChI is InChI=1S/C21H24F3N7O/c1-11-27-16(13-5-7-32-9-13)17(28-11)20(26-10-25)31-6-4-15-14(8-31)18(21(22,23)24)30-19(29-15)12-2-3-12/h10,12-13,25H,2-9H2,1H3,(H,27,28)/t13-/m1/s1. The molecule has 0 unspecified atom stereocenters. The van der Waals surface area contributed by atoms with Crippen LogP contribution in [0.5, 0.6) is 0 Å². The summed E-state index contributed by atoms with van der Waals surface area (Å²) in [7, 11) is 0. The zero-order valence-corrected chi connectivity index (χ0v) is 17.7. The number of aromatic nitrogens is 4. The second-order valence-electron chi connectivity index (χ2n) is 8.53. The highest BCUT2D eigenvalue weighted by Gasteiger charge is 2.41. The summed E-state index contributed by atoms with van der Waals surface area (Å²) in [5.41, 5.74) is 1.11. The number of aryl methyl sites for hydroxylation is 1. The Kier molecular flexibility index (Phi) is 5.23. The molecule has 11 heteroatoms. The zero-order valence-electron chi connectivity index (χ0n) is 17.7. The number of amidine groups is 1. The van der Waals surface area contributed by atoms with Gasteiger partial charge in [-0.1, -0.05) is 0 Å². The van der Waals surface area contributed by atoms with Crippen molar-refractivity contribution in [3.8, 4) is 0 Å². The number of halogens is 3. The summed E-state index contributed by atoms with van der Waals surface area (Å²) in [4.78, 5) is 22.2. The molecule has 2 aliphatic heterocycles. The van der Waals surface area contributed by atoms with E-state index in [-0.39, 0.29) is 23.9 Å². The number of rotatable bonds is 4. The van der Waals surface area contributed by atoms with Crippen LogP contribution in [0.3, 0.4) is 0 Å². The number of nitrogens with zero attached hydrogens (tertiary/aromatic N) is 5. The average Bonchev–Trinajstić information content (AvgIpc) is 3.32. The average molecular weight is 447 g/mol. The van der Waals surface area contributed by atoms with Gasteiger partial charge in [0.25, 0.3) is 0 Å². The van der Waals surface area contributed by atoms with Gasteiger partial charge < -0.3 is 14.6 Å². The van der Waals surface area contributed by atoms with Crippen LogP contribution >= 0.6 is 0 Å². The van der Waals surface area contributed by atoms with Crippen LogP contribution in [-0.4, -0.2) is 56.8 Å². The van der Waals surface area contributed by atoms with Crippen LogP contribution in [0.2, 0.25) is 0 Å². The van der Waals surface area contributed by atoms with Gasteiger partial charge in [0.05, 0.1) is 18.0 Å². The predicted molar refractivity (Wildman–Crippen MR) is 110 cm³/mol. The third-order valence-corrected chi connectivity index (χ3v) is 6.17. The van der Waals surface area contributed by atoms with Crippen molar-refractivity contribution < 1.29 is 17.9 Å². The Balaban J connectivity index is 1.53. The molecule has 3 aliphatic rings. The second-order valence-corrected chi connectivity index (χ2v) is 8.53. The van der Waals surface area contributed by atoms with Gasteiger partial charge in [0.1, 0.15) is 23.7 Å². The summed E-state index contributed by atoms with van der Waals surface area (Å²) >= 11 is 0. The lowest BCUT2D eigenvalue weighted by Gasteiger charge is -2.32. The number of ether oxygens (including phenoxy) is 1. The number of aromatic amines is 1. The van der Waals surface area contributed by atoms with Crippen LogP contribution in [0.4, 0.5) is 13.2 Å². The third kappa shape index (κ3) is 3.89. The first kappa shape index (κ1) is 21.0. The van der Waals surface area contributed by atoms with Gasteiger partial charge in [-0.15, -0.1) is 0 Å². The SMILES string of the molecule is Cc1nc(C(=NC=N)N2CCc3nc(C4CC4)nc(C(F)(F)F)c3C2)c([C@@H]2CCOC2)[nH]1. The van der Waals surface area contributed by atoms with E-state index in [9.17, 15) is 13.2 Å². The summed E-state index contributed by atoms with van der Waals surface area (Å²) < 4.78 is 47.2. The van der Waals surface area contributed by atoms with E-state index in [0.717, 1.165) is 31.3 Å².